The molecule has 13 heteroatoms. The molecular formula is C32H37F3N4O6. The highest BCUT2D eigenvalue weighted by molar-refractivity contribution is 6.01. The third kappa shape index (κ3) is 6.79. The predicted octanol–water partition coefficient (Wildman–Crippen LogP) is 4.76. The lowest BCUT2D eigenvalue weighted by molar-refractivity contribution is -0.137. The van der Waals surface area contributed by atoms with Gasteiger partial charge in [-0.15, -0.1) is 0 Å². The predicted molar refractivity (Wildman–Crippen MR) is 157 cm³/mol. The topological polar surface area (TPSA) is 109 Å². The normalized spacial score (nSPS) is 24.0. The molecule has 2 fully saturated rings. The minimum atomic E-state index is -1.40. The molecule has 2 atom stereocenters. The Balaban J connectivity index is 1.29. The highest BCUT2D eigenvalue weighted by atomic mass is 19.2. The zero-order valence-electron chi connectivity index (χ0n) is 25.4. The van der Waals surface area contributed by atoms with Crippen molar-refractivity contribution in [3.63, 3.8) is 0 Å². The molecular weight excluding hydrogens is 593 g/mol. The highest BCUT2D eigenvalue weighted by Crippen LogP contribution is 2.40. The summed E-state index contributed by atoms with van der Waals surface area (Å²) in [5, 5.41) is 5.44. The van der Waals surface area contributed by atoms with Crippen molar-refractivity contribution < 1.29 is 41.8 Å². The smallest absolute Gasteiger partial charge is 0.338 e. The summed E-state index contributed by atoms with van der Waals surface area (Å²) in [5.74, 6) is -2.69. The Morgan fingerprint density at radius 1 is 0.978 bits per heavy atom. The minimum absolute atomic E-state index is 0.00972. The van der Waals surface area contributed by atoms with Crippen LogP contribution in [-0.2, 0) is 14.3 Å². The van der Waals surface area contributed by atoms with Gasteiger partial charge >= 0.3 is 18.0 Å². The van der Waals surface area contributed by atoms with Crippen LogP contribution in [0.25, 0.3) is 0 Å². The first-order valence-electron chi connectivity index (χ1n) is 14.9. The van der Waals surface area contributed by atoms with Gasteiger partial charge in [0.05, 0.1) is 32.1 Å². The van der Waals surface area contributed by atoms with Crippen molar-refractivity contribution in [2.24, 2.45) is 0 Å². The van der Waals surface area contributed by atoms with Gasteiger partial charge in [0, 0.05) is 38.3 Å². The standard InChI is InChI=1S/C32H37F3N4O6/c1-43-17-26-28(30(40)45-3)29(19-6-11-24(34)25(35)14-19)39(32(42)37-26)31(41)36-21-12-13-38(16-21)22-8-4-18(5-9-22)23-10-7-20(33)15-27(23)44-2/h6-7,10-11,14-15,18,21-22,29H,4-5,8-9,12-13,16-17H2,1-3H3,(H,36,41)(H,37,42)/t18?,21-,22?,29+/m1/s1. The number of carbonyl (C=O) groups excluding carboxylic acids is 3. The van der Waals surface area contributed by atoms with E-state index in [9.17, 15) is 27.6 Å². The zero-order valence-corrected chi connectivity index (χ0v) is 25.4. The Labute approximate surface area is 259 Å². The Morgan fingerprint density at radius 3 is 2.40 bits per heavy atom. The summed E-state index contributed by atoms with van der Waals surface area (Å²) in [5.41, 5.74) is 0.931. The largest absolute Gasteiger partial charge is 0.496 e. The molecule has 3 aliphatic rings. The molecule has 0 radical (unpaired) electrons. The van der Waals surface area contributed by atoms with E-state index < -0.39 is 35.7 Å². The summed E-state index contributed by atoms with van der Waals surface area (Å²) in [7, 11) is 4.04. The Morgan fingerprint density at radius 2 is 1.73 bits per heavy atom. The first kappa shape index (κ1) is 32.3. The molecule has 0 unspecified atom stereocenters. The Kier molecular flexibility index (Phi) is 9.98. The summed E-state index contributed by atoms with van der Waals surface area (Å²) in [6.45, 7) is 1.10. The van der Waals surface area contributed by atoms with Crippen LogP contribution in [0.3, 0.4) is 0 Å². The number of halogens is 3. The average Bonchev–Trinajstić information content (AvgIpc) is 3.50. The van der Waals surface area contributed by atoms with Gasteiger partial charge in [0.15, 0.2) is 11.6 Å². The second kappa shape index (κ2) is 13.9. The summed E-state index contributed by atoms with van der Waals surface area (Å²) in [6.07, 6.45) is 4.31. The molecule has 2 N–H and O–H groups in total. The molecule has 0 bridgehead atoms. The molecule has 1 saturated heterocycles. The van der Waals surface area contributed by atoms with Crippen LogP contribution in [0.5, 0.6) is 5.75 Å². The van der Waals surface area contributed by atoms with Crippen LogP contribution >= 0.6 is 0 Å². The van der Waals surface area contributed by atoms with Gasteiger partial charge in [-0.1, -0.05) is 12.1 Å². The highest BCUT2D eigenvalue weighted by Gasteiger charge is 2.44. The number of amides is 4. The van der Waals surface area contributed by atoms with Gasteiger partial charge in [-0.25, -0.2) is 32.5 Å². The number of rotatable bonds is 8. The number of hydrogen-bond donors (Lipinski definition) is 2. The van der Waals surface area contributed by atoms with Crippen LogP contribution in [0.15, 0.2) is 47.7 Å². The molecule has 1 aliphatic carbocycles. The van der Waals surface area contributed by atoms with E-state index in [1.807, 2.05) is 0 Å². The van der Waals surface area contributed by atoms with E-state index >= 15 is 0 Å². The van der Waals surface area contributed by atoms with Gasteiger partial charge in [0.1, 0.15) is 17.6 Å². The molecule has 2 aromatic rings. The third-order valence-corrected chi connectivity index (χ3v) is 8.90. The van der Waals surface area contributed by atoms with Crippen LogP contribution in [0, 0.1) is 17.5 Å². The van der Waals surface area contributed by atoms with Crippen LogP contribution in [-0.4, -0.2) is 80.9 Å². The molecule has 0 aromatic heterocycles. The van der Waals surface area contributed by atoms with Crippen molar-refractivity contribution in [3.8, 4) is 5.75 Å². The van der Waals surface area contributed by atoms with E-state index in [1.54, 1.807) is 13.2 Å². The van der Waals surface area contributed by atoms with E-state index in [-0.39, 0.29) is 41.2 Å². The van der Waals surface area contributed by atoms with Gasteiger partial charge in [0.25, 0.3) is 0 Å². The lowest BCUT2D eigenvalue weighted by Gasteiger charge is -2.37. The molecule has 0 spiro atoms. The lowest BCUT2D eigenvalue weighted by atomic mass is 9.81. The number of nitrogens with zero attached hydrogens (tertiary/aromatic N) is 2. The zero-order chi connectivity index (χ0) is 32.2. The lowest BCUT2D eigenvalue weighted by Crippen LogP contribution is -2.56. The van der Waals surface area contributed by atoms with E-state index in [0.29, 0.717) is 24.8 Å². The SMILES string of the molecule is COCC1=C(C(=O)OC)[C@H](c2ccc(F)c(F)c2)N(C(=O)N[C@@H]2CCN(C3CCC(c4ccc(F)cc4OC)CC3)C2)C(=O)N1. The van der Waals surface area contributed by atoms with Crippen molar-refractivity contribution in [1.29, 1.82) is 0 Å². The maximum absolute atomic E-state index is 14.4. The second-order valence-electron chi connectivity index (χ2n) is 11.5. The third-order valence-electron chi connectivity index (χ3n) is 8.90. The molecule has 2 aromatic carbocycles. The van der Waals surface area contributed by atoms with Crippen molar-refractivity contribution >= 4 is 18.0 Å². The fourth-order valence-corrected chi connectivity index (χ4v) is 6.73. The van der Waals surface area contributed by atoms with Crippen LogP contribution in [0.1, 0.15) is 55.2 Å². The average molecular weight is 631 g/mol. The van der Waals surface area contributed by atoms with Crippen molar-refractivity contribution in [2.45, 2.75) is 56.1 Å². The summed E-state index contributed by atoms with van der Waals surface area (Å²) < 4.78 is 57.4. The van der Waals surface area contributed by atoms with E-state index in [1.165, 1.54) is 25.3 Å². The quantitative estimate of drug-likeness (QED) is 0.405. The molecule has 1 saturated carbocycles. The molecule has 10 nitrogen and oxygen atoms in total. The summed E-state index contributed by atoms with van der Waals surface area (Å²) in [6, 6.07) is 4.55. The molecule has 4 amide bonds. The van der Waals surface area contributed by atoms with E-state index in [4.69, 9.17) is 14.2 Å². The van der Waals surface area contributed by atoms with Crippen LogP contribution < -0.4 is 15.4 Å². The van der Waals surface area contributed by atoms with Crippen molar-refractivity contribution in [3.05, 3.63) is 76.2 Å². The summed E-state index contributed by atoms with van der Waals surface area (Å²) in [4.78, 5) is 43.1. The first-order chi connectivity index (χ1) is 21.6. The second-order valence-corrected chi connectivity index (χ2v) is 11.5. The Hall–Kier alpha value is -4.10. The number of esters is 1. The number of methoxy groups -OCH3 is 3. The number of imide groups is 1. The Bertz CT molecular complexity index is 1480. The van der Waals surface area contributed by atoms with E-state index in [0.717, 1.165) is 61.9 Å². The van der Waals surface area contributed by atoms with Gasteiger partial charge in [0.2, 0.25) is 0 Å². The van der Waals surface area contributed by atoms with Crippen molar-refractivity contribution in [2.75, 3.05) is 41.0 Å². The van der Waals surface area contributed by atoms with Crippen LogP contribution in [0.4, 0.5) is 22.8 Å². The minimum Gasteiger partial charge on any atom is -0.496 e. The monoisotopic (exact) mass is 630 g/mol. The number of benzene rings is 2. The maximum atomic E-state index is 14.4. The molecule has 45 heavy (non-hydrogen) atoms. The van der Waals surface area contributed by atoms with E-state index in [2.05, 4.69) is 15.5 Å². The van der Waals surface area contributed by atoms with Crippen LogP contribution in [0.2, 0.25) is 0 Å². The number of hydrogen-bond acceptors (Lipinski definition) is 7. The maximum Gasteiger partial charge on any atom is 0.338 e. The number of carbonyl (C=O) groups is 3. The molecule has 2 heterocycles. The number of nitrogens with one attached hydrogen (secondary N) is 2. The fourth-order valence-electron chi connectivity index (χ4n) is 6.73. The first-order valence-corrected chi connectivity index (χ1v) is 14.9. The van der Waals surface area contributed by atoms with Gasteiger partial charge in [-0.3, -0.25) is 4.90 Å². The van der Waals surface area contributed by atoms with Crippen molar-refractivity contribution in [1.82, 2.24) is 20.4 Å². The molecule has 2 aliphatic heterocycles. The van der Waals surface area contributed by atoms with Gasteiger partial charge in [-0.05, 0) is 67.3 Å². The number of ether oxygens (including phenoxy) is 3. The number of likely N-dealkylation sites (tertiary alicyclic amines) is 1. The van der Waals surface area contributed by atoms with Gasteiger partial charge < -0.3 is 24.8 Å². The number of urea groups is 2. The molecule has 5 rings (SSSR count). The fraction of sp³-hybridized carbons (Fsp3) is 0.469. The van der Waals surface area contributed by atoms with Gasteiger partial charge in [-0.2, -0.15) is 0 Å². The summed E-state index contributed by atoms with van der Waals surface area (Å²) >= 11 is 0. The molecule has 242 valence electrons.